The van der Waals surface area contributed by atoms with Crippen LogP contribution in [0.1, 0.15) is 15.9 Å². The van der Waals surface area contributed by atoms with Crippen molar-refractivity contribution in [3.8, 4) is 0 Å². The van der Waals surface area contributed by atoms with E-state index in [0.29, 0.717) is 17.8 Å². The molecule has 0 aliphatic carbocycles. The summed E-state index contributed by atoms with van der Waals surface area (Å²) in [6.07, 6.45) is 0. The van der Waals surface area contributed by atoms with E-state index in [-0.39, 0.29) is 0 Å². The van der Waals surface area contributed by atoms with Gasteiger partial charge in [-0.15, -0.1) is 0 Å². The fourth-order valence-corrected chi connectivity index (χ4v) is 2.07. The number of primary amides is 1. The van der Waals surface area contributed by atoms with Gasteiger partial charge in [-0.05, 0) is 35.9 Å². The van der Waals surface area contributed by atoms with Gasteiger partial charge in [-0.2, -0.15) is 0 Å². The molecule has 2 rings (SSSR count). The Kier molecular flexibility index (Phi) is 4.06. The molecule has 0 aromatic heterocycles. The number of anilines is 2. The van der Waals surface area contributed by atoms with Gasteiger partial charge >= 0.3 is 0 Å². The molecule has 2 aromatic rings. The van der Waals surface area contributed by atoms with Gasteiger partial charge in [0.1, 0.15) is 0 Å². The zero-order valence-electron chi connectivity index (χ0n) is 10.2. The first kappa shape index (κ1) is 13.4. The molecule has 19 heavy (non-hydrogen) atoms. The molecular weight excluding hydrogens is 306 g/mol. The summed E-state index contributed by atoms with van der Waals surface area (Å²) in [4.78, 5) is 11.3. The zero-order valence-corrected chi connectivity index (χ0v) is 11.8. The molecule has 5 heteroatoms. The van der Waals surface area contributed by atoms with Crippen molar-refractivity contribution in [3.05, 3.63) is 58.1 Å². The van der Waals surface area contributed by atoms with Gasteiger partial charge in [0.15, 0.2) is 0 Å². The molecular formula is C14H14BrN3O. The van der Waals surface area contributed by atoms with Crippen LogP contribution in [0.3, 0.4) is 0 Å². The molecule has 0 saturated carbocycles. The molecule has 0 aliphatic rings. The minimum absolute atomic E-state index is 0.452. The van der Waals surface area contributed by atoms with Crippen molar-refractivity contribution in [2.75, 3.05) is 11.1 Å². The number of hydrogen-bond acceptors (Lipinski definition) is 3. The summed E-state index contributed by atoms with van der Waals surface area (Å²) in [5, 5.41) is 3.20. The maximum atomic E-state index is 11.3. The van der Waals surface area contributed by atoms with Crippen molar-refractivity contribution in [3.63, 3.8) is 0 Å². The summed E-state index contributed by atoms with van der Waals surface area (Å²) in [5.41, 5.74) is 14.0. The highest BCUT2D eigenvalue weighted by Crippen LogP contribution is 2.22. The van der Waals surface area contributed by atoms with E-state index in [0.717, 1.165) is 15.7 Å². The van der Waals surface area contributed by atoms with Crippen LogP contribution in [0.2, 0.25) is 0 Å². The summed E-state index contributed by atoms with van der Waals surface area (Å²) < 4.78 is 0.886. The molecule has 98 valence electrons. The molecule has 0 bridgehead atoms. The molecule has 4 nitrogen and oxygen atoms in total. The summed E-state index contributed by atoms with van der Waals surface area (Å²) in [6, 6.07) is 12.9. The van der Waals surface area contributed by atoms with Crippen LogP contribution in [-0.4, -0.2) is 5.91 Å². The lowest BCUT2D eigenvalue weighted by molar-refractivity contribution is 0.100. The SMILES string of the molecule is NC(=O)c1ccc(Br)cc1NCc1ccc(N)cc1. The highest BCUT2D eigenvalue weighted by Gasteiger charge is 2.08. The monoisotopic (exact) mass is 319 g/mol. The highest BCUT2D eigenvalue weighted by molar-refractivity contribution is 9.10. The Hall–Kier alpha value is -2.01. The minimum atomic E-state index is -0.452. The van der Waals surface area contributed by atoms with Crippen molar-refractivity contribution >= 4 is 33.2 Å². The Labute approximate surface area is 119 Å². The summed E-state index contributed by atoms with van der Waals surface area (Å²) in [7, 11) is 0. The molecule has 0 radical (unpaired) electrons. The summed E-state index contributed by atoms with van der Waals surface area (Å²) >= 11 is 3.37. The van der Waals surface area contributed by atoms with Crippen LogP contribution < -0.4 is 16.8 Å². The predicted octanol–water partition coefficient (Wildman–Crippen LogP) is 2.74. The molecule has 1 amide bonds. The maximum absolute atomic E-state index is 11.3. The Morgan fingerprint density at radius 2 is 1.84 bits per heavy atom. The quantitative estimate of drug-likeness (QED) is 0.758. The van der Waals surface area contributed by atoms with Gasteiger partial charge in [-0.3, -0.25) is 4.79 Å². The largest absolute Gasteiger partial charge is 0.399 e. The number of carbonyl (C=O) groups is 1. The van der Waals surface area contributed by atoms with Crippen LogP contribution >= 0.6 is 15.9 Å². The van der Waals surface area contributed by atoms with Crippen LogP contribution in [-0.2, 0) is 6.54 Å². The van der Waals surface area contributed by atoms with E-state index in [4.69, 9.17) is 11.5 Å². The Bertz CT molecular complexity index is 596. The lowest BCUT2D eigenvalue weighted by atomic mass is 10.1. The normalized spacial score (nSPS) is 10.2. The minimum Gasteiger partial charge on any atom is -0.399 e. The van der Waals surface area contributed by atoms with E-state index >= 15 is 0 Å². The van der Waals surface area contributed by atoms with Gasteiger partial charge in [0.2, 0.25) is 0 Å². The molecule has 0 fully saturated rings. The average molecular weight is 320 g/mol. The average Bonchev–Trinajstić information content (AvgIpc) is 2.38. The van der Waals surface area contributed by atoms with Gasteiger partial charge in [-0.25, -0.2) is 0 Å². The number of halogens is 1. The lowest BCUT2D eigenvalue weighted by Gasteiger charge is -2.11. The second-order valence-corrected chi connectivity index (χ2v) is 5.06. The second-order valence-electron chi connectivity index (χ2n) is 4.15. The van der Waals surface area contributed by atoms with E-state index in [1.165, 1.54) is 0 Å². The van der Waals surface area contributed by atoms with Crippen molar-refractivity contribution in [2.24, 2.45) is 5.73 Å². The third-order valence-corrected chi connectivity index (χ3v) is 3.20. The van der Waals surface area contributed by atoms with E-state index in [2.05, 4.69) is 21.2 Å². The standard InChI is InChI=1S/C14H14BrN3O/c15-10-3-6-12(14(17)19)13(7-10)18-8-9-1-4-11(16)5-2-9/h1-7,18H,8,16H2,(H2,17,19). The van der Waals surface area contributed by atoms with Crippen LogP contribution in [0, 0.1) is 0 Å². The van der Waals surface area contributed by atoms with Crippen LogP contribution in [0.25, 0.3) is 0 Å². The molecule has 0 unspecified atom stereocenters. The second kappa shape index (κ2) is 5.75. The zero-order chi connectivity index (χ0) is 13.8. The molecule has 0 heterocycles. The number of carbonyl (C=O) groups excluding carboxylic acids is 1. The molecule has 0 aliphatic heterocycles. The first-order valence-electron chi connectivity index (χ1n) is 5.74. The smallest absolute Gasteiger partial charge is 0.250 e. The third kappa shape index (κ3) is 3.48. The van der Waals surface area contributed by atoms with Crippen molar-refractivity contribution in [2.45, 2.75) is 6.54 Å². The Morgan fingerprint density at radius 3 is 2.47 bits per heavy atom. The number of rotatable bonds is 4. The van der Waals surface area contributed by atoms with Crippen molar-refractivity contribution in [1.82, 2.24) is 0 Å². The number of nitrogens with two attached hydrogens (primary N) is 2. The van der Waals surface area contributed by atoms with Gasteiger partial charge in [0.25, 0.3) is 5.91 Å². The molecule has 0 atom stereocenters. The van der Waals surface area contributed by atoms with Crippen molar-refractivity contribution < 1.29 is 4.79 Å². The molecule has 2 aromatic carbocycles. The first-order chi connectivity index (χ1) is 9.06. The fourth-order valence-electron chi connectivity index (χ4n) is 1.71. The van der Waals surface area contributed by atoms with Crippen LogP contribution in [0.4, 0.5) is 11.4 Å². The lowest BCUT2D eigenvalue weighted by Crippen LogP contribution is -2.14. The van der Waals surface area contributed by atoms with Crippen molar-refractivity contribution in [1.29, 1.82) is 0 Å². The number of nitrogen functional groups attached to an aromatic ring is 1. The van der Waals surface area contributed by atoms with Gasteiger partial charge in [0.05, 0.1) is 5.56 Å². The summed E-state index contributed by atoms with van der Waals surface area (Å²) in [5.74, 6) is -0.452. The van der Waals surface area contributed by atoms with Crippen LogP contribution in [0.15, 0.2) is 46.9 Å². The third-order valence-electron chi connectivity index (χ3n) is 2.71. The summed E-state index contributed by atoms with van der Waals surface area (Å²) in [6.45, 7) is 0.594. The van der Waals surface area contributed by atoms with Gasteiger partial charge < -0.3 is 16.8 Å². The topological polar surface area (TPSA) is 81.1 Å². The number of amides is 1. The molecule has 0 spiro atoms. The molecule has 5 N–H and O–H groups in total. The van der Waals surface area contributed by atoms with E-state index in [1.54, 1.807) is 12.1 Å². The highest BCUT2D eigenvalue weighted by atomic mass is 79.9. The fraction of sp³-hybridized carbons (Fsp3) is 0.0714. The van der Waals surface area contributed by atoms with Crippen LogP contribution in [0.5, 0.6) is 0 Å². The Morgan fingerprint density at radius 1 is 1.16 bits per heavy atom. The van der Waals surface area contributed by atoms with E-state index in [1.807, 2.05) is 30.3 Å². The van der Waals surface area contributed by atoms with E-state index in [9.17, 15) is 4.79 Å². The number of benzene rings is 2. The molecule has 0 saturated heterocycles. The predicted molar refractivity (Wildman–Crippen MR) is 80.8 cm³/mol. The number of nitrogens with one attached hydrogen (secondary N) is 1. The maximum Gasteiger partial charge on any atom is 0.250 e. The van der Waals surface area contributed by atoms with Gasteiger partial charge in [-0.1, -0.05) is 28.1 Å². The Balaban J connectivity index is 2.16. The van der Waals surface area contributed by atoms with E-state index < -0.39 is 5.91 Å². The van der Waals surface area contributed by atoms with Gasteiger partial charge in [0, 0.05) is 22.4 Å². The number of hydrogen-bond donors (Lipinski definition) is 3. The first-order valence-corrected chi connectivity index (χ1v) is 6.53.